The third kappa shape index (κ3) is 1.98. The van der Waals surface area contributed by atoms with Gasteiger partial charge in [0.2, 0.25) is 0 Å². The van der Waals surface area contributed by atoms with Gasteiger partial charge >= 0.3 is 0 Å². The van der Waals surface area contributed by atoms with E-state index in [1.54, 1.807) is 19.3 Å². The molecule has 77 valence electrons. The van der Waals surface area contributed by atoms with Crippen LogP contribution in [0.3, 0.4) is 0 Å². The molecule has 3 rings (SSSR count). The van der Waals surface area contributed by atoms with E-state index in [0.29, 0.717) is 0 Å². The van der Waals surface area contributed by atoms with Crippen LogP contribution in [-0.2, 0) is 32.7 Å². The Labute approximate surface area is 113 Å². The second-order valence-corrected chi connectivity index (χ2v) is 5.43. The van der Waals surface area contributed by atoms with Crippen LogP contribution in [0.1, 0.15) is 51.4 Å². The second-order valence-electron chi connectivity index (χ2n) is 5.43. The zero-order chi connectivity index (χ0) is 8.67. The van der Waals surface area contributed by atoms with Crippen LogP contribution in [0.2, 0.25) is 0 Å². The molecule has 3 saturated carbocycles. The van der Waals surface area contributed by atoms with Crippen molar-refractivity contribution in [1.29, 1.82) is 0 Å². The van der Waals surface area contributed by atoms with Gasteiger partial charge in [0, 0.05) is 32.7 Å². The molecule has 1 heteroatoms. The molecule has 0 spiro atoms. The fourth-order valence-electron chi connectivity index (χ4n) is 4.32. The Bertz CT molecular complexity index is 190. The number of hydrogen-bond donors (Lipinski definition) is 0. The Morgan fingerprint density at radius 2 is 1.64 bits per heavy atom. The third-order valence-corrected chi connectivity index (χ3v) is 4.91. The van der Waals surface area contributed by atoms with Crippen molar-refractivity contribution in [3.05, 3.63) is 6.42 Å². The third-order valence-electron chi connectivity index (χ3n) is 4.91. The van der Waals surface area contributed by atoms with Crippen molar-refractivity contribution in [3.8, 4) is 0 Å². The van der Waals surface area contributed by atoms with Crippen LogP contribution in [0, 0.1) is 30.1 Å². The molecule has 3 aliphatic carbocycles. The molecule has 0 heterocycles. The van der Waals surface area contributed by atoms with Crippen LogP contribution in [0.25, 0.3) is 0 Å². The minimum Gasteiger partial charge on any atom is -0.325 e. The SMILES string of the molecule is [CH-]1CCC2C1CCC1CCCCC12.[Y]. The van der Waals surface area contributed by atoms with E-state index in [1.807, 2.05) is 0 Å². The molecule has 0 aromatic heterocycles. The van der Waals surface area contributed by atoms with Crippen molar-refractivity contribution in [2.24, 2.45) is 23.7 Å². The largest absolute Gasteiger partial charge is 0.325 e. The molecule has 0 amide bonds. The summed E-state index contributed by atoms with van der Waals surface area (Å²) in [6.45, 7) is 0. The van der Waals surface area contributed by atoms with E-state index in [4.69, 9.17) is 0 Å². The van der Waals surface area contributed by atoms with Crippen LogP contribution in [0.4, 0.5) is 0 Å². The monoisotopic (exact) mass is 266 g/mol. The molecule has 4 unspecified atom stereocenters. The molecule has 14 heavy (non-hydrogen) atoms. The summed E-state index contributed by atoms with van der Waals surface area (Å²) in [5, 5.41) is 0. The first-order valence-electron chi connectivity index (χ1n) is 6.28. The maximum atomic E-state index is 2.63. The molecule has 3 fully saturated rings. The zero-order valence-corrected chi connectivity index (χ0v) is 12.0. The molecule has 0 bridgehead atoms. The summed E-state index contributed by atoms with van der Waals surface area (Å²) in [4.78, 5) is 0. The summed E-state index contributed by atoms with van der Waals surface area (Å²) < 4.78 is 0. The molecule has 0 aromatic rings. The fourth-order valence-corrected chi connectivity index (χ4v) is 4.32. The zero-order valence-electron chi connectivity index (χ0n) is 9.12. The van der Waals surface area contributed by atoms with Gasteiger partial charge in [-0.15, -0.1) is 0 Å². The molecule has 1 radical (unpaired) electrons. The van der Waals surface area contributed by atoms with Crippen molar-refractivity contribution in [1.82, 2.24) is 0 Å². The van der Waals surface area contributed by atoms with Crippen LogP contribution >= 0.6 is 0 Å². The van der Waals surface area contributed by atoms with E-state index >= 15 is 0 Å². The maximum absolute atomic E-state index is 2.63. The molecule has 0 aliphatic heterocycles. The minimum atomic E-state index is 0. The Morgan fingerprint density at radius 3 is 2.57 bits per heavy atom. The fraction of sp³-hybridized carbons (Fsp3) is 0.923. The Kier molecular flexibility index (Phi) is 4.10. The molecule has 0 N–H and O–H groups in total. The molecule has 4 atom stereocenters. The maximum Gasteiger partial charge on any atom is 0 e. The molecular formula is C13H21Y-. The standard InChI is InChI=1S/C13H21.Y/c1-2-6-12-10(4-1)8-9-11-5-3-7-13(11)12;/h5,10-13H,1-4,6-9H2;/q-1;. The van der Waals surface area contributed by atoms with Gasteiger partial charge in [0.15, 0.2) is 0 Å². The summed E-state index contributed by atoms with van der Waals surface area (Å²) in [7, 11) is 0. The van der Waals surface area contributed by atoms with Crippen molar-refractivity contribution < 1.29 is 32.7 Å². The first kappa shape index (κ1) is 11.6. The minimum absolute atomic E-state index is 0. The van der Waals surface area contributed by atoms with E-state index in [9.17, 15) is 0 Å². The van der Waals surface area contributed by atoms with Gasteiger partial charge in [0.25, 0.3) is 0 Å². The van der Waals surface area contributed by atoms with Gasteiger partial charge in [0.1, 0.15) is 0 Å². The van der Waals surface area contributed by atoms with E-state index in [0.717, 1.165) is 23.7 Å². The molecule has 0 saturated heterocycles. The Balaban J connectivity index is 0.000000750. The van der Waals surface area contributed by atoms with E-state index in [-0.39, 0.29) is 32.7 Å². The van der Waals surface area contributed by atoms with E-state index < -0.39 is 0 Å². The quantitative estimate of drug-likeness (QED) is 0.585. The van der Waals surface area contributed by atoms with Crippen LogP contribution in [-0.4, -0.2) is 0 Å². The van der Waals surface area contributed by atoms with Gasteiger partial charge in [0.05, 0.1) is 0 Å². The van der Waals surface area contributed by atoms with Gasteiger partial charge in [-0.2, -0.15) is 12.3 Å². The predicted octanol–water partition coefficient (Wildman–Crippen LogP) is 3.81. The smallest absolute Gasteiger partial charge is 0 e. The van der Waals surface area contributed by atoms with E-state index in [2.05, 4.69) is 6.42 Å². The van der Waals surface area contributed by atoms with Gasteiger partial charge in [-0.05, 0) is 11.8 Å². The number of fused-ring (bicyclic) bond motifs is 3. The van der Waals surface area contributed by atoms with Crippen LogP contribution < -0.4 is 0 Å². The Morgan fingerprint density at radius 1 is 0.786 bits per heavy atom. The van der Waals surface area contributed by atoms with Gasteiger partial charge in [-0.3, -0.25) is 0 Å². The predicted molar refractivity (Wildman–Crippen MR) is 55.2 cm³/mol. The molecule has 3 aliphatic rings. The van der Waals surface area contributed by atoms with Gasteiger partial charge in [-0.25, -0.2) is 0 Å². The van der Waals surface area contributed by atoms with Crippen molar-refractivity contribution in [2.75, 3.05) is 0 Å². The van der Waals surface area contributed by atoms with Gasteiger partial charge in [-0.1, -0.05) is 50.9 Å². The second kappa shape index (κ2) is 4.96. The molecule has 0 aromatic carbocycles. The summed E-state index contributed by atoms with van der Waals surface area (Å²) in [6, 6.07) is 0. The summed E-state index contributed by atoms with van der Waals surface area (Å²) >= 11 is 0. The Hall–Kier alpha value is 1.10. The van der Waals surface area contributed by atoms with Crippen molar-refractivity contribution in [3.63, 3.8) is 0 Å². The summed E-state index contributed by atoms with van der Waals surface area (Å²) in [5.41, 5.74) is 0. The molecule has 0 nitrogen and oxygen atoms in total. The van der Waals surface area contributed by atoms with E-state index in [1.165, 1.54) is 32.1 Å². The first-order chi connectivity index (χ1) is 6.45. The summed E-state index contributed by atoms with van der Waals surface area (Å²) in [6.07, 6.45) is 14.9. The number of rotatable bonds is 0. The van der Waals surface area contributed by atoms with Crippen LogP contribution in [0.15, 0.2) is 0 Å². The van der Waals surface area contributed by atoms with Crippen molar-refractivity contribution in [2.45, 2.75) is 51.4 Å². The van der Waals surface area contributed by atoms with Crippen molar-refractivity contribution >= 4 is 0 Å². The first-order valence-corrected chi connectivity index (χ1v) is 6.28. The van der Waals surface area contributed by atoms with Crippen LogP contribution in [0.5, 0.6) is 0 Å². The van der Waals surface area contributed by atoms with Gasteiger partial charge < -0.3 is 6.42 Å². The summed E-state index contributed by atoms with van der Waals surface area (Å²) in [5.74, 6) is 4.45. The average molecular weight is 266 g/mol. The normalized spacial score (nSPS) is 46.3. The number of hydrogen-bond acceptors (Lipinski definition) is 0. The topological polar surface area (TPSA) is 0 Å². The average Bonchev–Trinajstić information content (AvgIpc) is 2.65. The molecular weight excluding hydrogens is 245 g/mol.